The third-order valence-corrected chi connectivity index (χ3v) is 4.68. The zero-order valence-electron chi connectivity index (χ0n) is 10.4. The Kier molecular flexibility index (Phi) is 3.77. The van der Waals surface area contributed by atoms with Crippen LogP contribution in [0.3, 0.4) is 0 Å². The Morgan fingerprint density at radius 2 is 1.75 bits per heavy atom. The van der Waals surface area contributed by atoms with Gasteiger partial charge in [0.1, 0.15) is 9.75 Å². The first-order valence-electron chi connectivity index (χ1n) is 5.17. The standard InChI is InChI=1S/C12H7N2O4S2/c1-17-11(15)9-7-5(3-13)19-6(4-14)8(7)10(20-9)12(16)18-2/h13H,1-2H3/q+1. The molecule has 1 aromatic heterocycles. The Bertz CT molecular complexity index is 748. The van der Waals surface area contributed by atoms with Crippen molar-refractivity contribution < 1.29 is 19.1 Å². The maximum absolute atomic E-state index is 11.8. The van der Waals surface area contributed by atoms with E-state index in [4.69, 9.17) is 10.7 Å². The maximum Gasteiger partial charge on any atom is 0.348 e. The minimum Gasteiger partial charge on any atom is -0.465 e. The van der Waals surface area contributed by atoms with Gasteiger partial charge in [0, 0.05) is 5.87 Å². The molecule has 1 aromatic rings. The molecule has 2 heterocycles. The number of methoxy groups -OCH3 is 2. The number of ether oxygens (including phenoxy) is 2. The van der Waals surface area contributed by atoms with E-state index in [1.54, 1.807) is 0 Å². The second kappa shape index (κ2) is 5.35. The Morgan fingerprint density at radius 1 is 1.20 bits per heavy atom. The Morgan fingerprint density at radius 3 is 2.20 bits per heavy atom. The number of nitriles is 1. The predicted molar refractivity (Wildman–Crippen MR) is 75.2 cm³/mol. The number of carbonyl (C=O) groups is 2. The van der Waals surface area contributed by atoms with E-state index < -0.39 is 11.9 Å². The fourth-order valence-corrected chi connectivity index (χ4v) is 3.90. The molecular weight excluding hydrogens is 300 g/mol. The number of hydrogen-bond acceptors (Lipinski definition) is 7. The fourth-order valence-electron chi connectivity index (χ4n) is 1.71. The molecule has 1 N–H and O–H groups in total. The number of fused-ring (bicyclic) bond motifs is 1. The number of rotatable bonds is 2. The lowest BCUT2D eigenvalue weighted by Gasteiger charge is -1.94. The molecule has 1 aliphatic heterocycles. The van der Waals surface area contributed by atoms with Crippen LogP contribution in [0, 0.1) is 16.7 Å². The predicted octanol–water partition coefficient (Wildman–Crippen LogP) is 1.05. The van der Waals surface area contributed by atoms with Crippen LogP contribution in [0.5, 0.6) is 0 Å². The van der Waals surface area contributed by atoms with Crippen LogP contribution in [0.4, 0.5) is 0 Å². The number of nitrogens with zero attached hydrogens (tertiary/aromatic N) is 1. The molecule has 0 saturated carbocycles. The third-order valence-electron chi connectivity index (χ3n) is 2.52. The van der Waals surface area contributed by atoms with Crippen LogP contribution in [0.15, 0.2) is 0 Å². The molecule has 20 heavy (non-hydrogen) atoms. The summed E-state index contributed by atoms with van der Waals surface area (Å²) in [5.74, 6) is 0.910. The van der Waals surface area contributed by atoms with Crippen molar-refractivity contribution in [1.29, 1.82) is 10.7 Å². The average molecular weight is 307 g/mol. The highest BCUT2D eigenvalue weighted by molar-refractivity contribution is 7.90. The smallest absolute Gasteiger partial charge is 0.348 e. The number of esters is 2. The van der Waals surface area contributed by atoms with Crippen LogP contribution in [-0.2, 0) is 20.8 Å². The van der Waals surface area contributed by atoms with Gasteiger partial charge in [-0.2, -0.15) is 5.26 Å². The van der Waals surface area contributed by atoms with Crippen LogP contribution in [0.25, 0.3) is 4.91 Å². The second-order valence-corrected chi connectivity index (χ2v) is 5.53. The SMILES string of the molecule is COC(=O)c1sc(C(=O)OC)c2c1C(=C=N)[S+]=C2C#N. The number of hydrogen-bond donors (Lipinski definition) is 1. The fraction of sp³-hybridized carbons (Fsp3) is 0.167. The normalized spacial score (nSPS) is 12.1. The van der Waals surface area contributed by atoms with Gasteiger partial charge in [-0.15, -0.1) is 11.3 Å². The molecule has 8 heteroatoms. The molecule has 0 aromatic carbocycles. The average Bonchev–Trinajstić information content (AvgIpc) is 3.03. The molecule has 0 radical (unpaired) electrons. The minimum atomic E-state index is -0.638. The molecule has 0 bridgehead atoms. The van der Waals surface area contributed by atoms with E-state index in [9.17, 15) is 9.59 Å². The Hall–Kier alpha value is -2.33. The maximum atomic E-state index is 11.8. The quantitative estimate of drug-likeness (QED) is 0.381. The van der Waals surface area contributed by atoms with Crippen molar-refractivity contribution in [2.24, 2.45) is 0 Å². The first-order chi connectivity index (χ1) is 9.58. The number of nitrogens with one attached hydrogen (secondary N) is 1. The highest BCUT2D eigenvalue weighted by Gasteiger charge is 2.44. The highest BCUT2D eigenvalue weighted by Crippen LogP contribution is 2.38. The van der Waals surface area contributed by atoms with Gasteiger partial charge in [0.05, 0.1) is 25.3 Å². The summed E-state index contributed by atoms with van der Waals surface area (Å²) in [7, 11) is 2.44. The van der Waals surface area contributed by atoms with Crippen molar-refractivity contribution in [3.63, 3.8) is 0 Å². The van der Waals surface area contributed by atoms with Crippen LogP contribution >= 0.6 is 11.3 Å². The Labute approximate surface area is 121 Å². The summed E-state index contributed by atoms with van der Waals surface area (Å²) in [5.41, 5.74) is 0.670. The van der Waals surface area contributed by atoms with E-state index in [0.717, 1.165) is 22.7 Å². The summed E-state index contributed by atoms with van der Waals surface area (Å²) in [5, 5.41) is 16.4. The zero-order valence-corrected chi connectivity index (χ0v) is 12.0. The zero-order chi connectivity index (χ0) is 14.9. The van der Waals surface area contributed by atoms with Crippen LogP contribution in [0.2, 0.25) is 0 Å². The van der Waals surface area contributed by atoms with Crippen molar-refractivity contribution in [2.75, 3.05) is 14.2 Å². The molecule has 2 rings (SSSR count). The van der Waals surface area contributed by atoms with E-state index in [0.29, 0.717) is 16.0 Å². The lowest BCUT2D eigenvalue weighted by Crippen LogP contribution is -2.05. The van der Waals surface area contributed by atoms with Gasteiger partial charge < -0.3 is 9.47 Å². The van der Waals surface area contributed by atoms with E-state index in [-0.39, 0.29) is 14.6 Å². The van der Waals surface area contributed by atoms with Gasteiger partial charge >= 0.3 is 21.7 Å². The molecule has 1 aliphatic rings. The molecule has 0 spiro atoms. The van der Waals surface area contributed by atoms with Crippen molar-refractivity contribution in [1.82, 2.24) is 0 Å². The van der Waals surface area contributed by atoms with Gasteiger partial charge in [-0.25, -0.2) is 9.59 Å². The molecule has 0 aliphatic carbocycles. The molecule has 0 fully saturated rings. The van der Waals surface area contributed by atoms with E-state index in [1.165, 1.54) is 14.2 Å². The number of thiophene rings is 1. The van der Waals surface area contributed by atoms with Gasteiger partial charge in [0.25, 0.3) is 11.4 Å². The van der Waals surface area contributed by atoms with E-state index >= 15 is 0 Å². The van der Waals surface area contributed by atoms with E-state index in [2.05, 4.69) is 15.3 Å². The van der Waals surface area contributed by atoms with Gasteiger partial charge in [-0.1, -0.05) is 0 Å². The van der Waals surface area contributed by atoms with Gasteiger partial charge in [0.15, 0.2) is 6.07 Å². The molecule has 0 amide bonds. The van der Waals surface area contributed by atoms with Gasteiger partial charge in [0.2, 0.25) is 0 Å². The summed E-state index contributed by atoms with van der Waals surface area (Å²) in [4.78, 5) is 24.4. The first-order valence-corrected chi connectivity index (χ1v) is 6.81. The molecule has 0 atom stereocenters. The molecule has 0 saturated heterocycles. The topological polar surface area (TPSA) is 100 Å². The first kappa shape index (κ1) is 14.1. The summed E-state index contributed by atoms with van der Waals surface area (Å²) < 4.78 is 9.33. The van der Waals surface area contributed by atoms with Crippen LogP contribution < -0.4 is 0 Å². The lowest BCUT2D eigenvalue weighted by molar-refractivity contribution is 0.0599. The number of carbonyl (C=O) groups excluding carboxylic acids is 2. The van der Waals surface area contributed by atoms with Crippen molar-refractivity contribution in [3.05, 3.63) is 20.9 Å². The minimum absolute atomic E-state index is 0.150. The highest BCUT2D eigenvalue weighted by atomic mass is 32.1. The third kappa shape index (κ3) is 1.94. The van der Waals surface area contributed by atoms with E-state index in [1.807, 2.05) is 6.07 Å². The van der Waals surface area contributed by atoms with Gasteiger partial charge in [-0.3, -0.25) is 5.41 Å². The molecule has 6 nitrogen and oxygen atoms in total. The van der Waals surface area contributed by atoms with Crippen LogP contribution in [-0.4, -0.2) is 36.9 Å². The monoisotopic (exact) mass is 307 g/mol. The van der Waals surface area contributed by atoms with Crippen molar-refractivity contribution in [2.45, 2.75) is 0 Å². The van der Waals surface area contributed by atoms with Crippen LogP contribution in [0.1, 0.15) is 30.5 Å². The summed E-state index contributed by atoms with van der Waals surface area (Å²) >= 11 is 1.88. The summed E-state index contributed by atoms with van der Waals surface area (Å²) in [6, 6.07) is 1.96. The van der Waals surface area contributed by atoms with Gasteiger partial charge in [-0.05, 0) is 0 Å². The van der Waals surface area contributed by atoms with Crippen molar-refractivity contribution in [3.8, 4) is 6.07 Å². The second-order valence-electron chi connectivity index (χ2n) is 3.49. The summed E-state index contributed by atoms with van der Waals surface area (Å²) in [6.45, 7) is 0. The molecular formula is C12H7N2O4S2+. The molecule has 100 valence electrons. The summed E-state index contributed by atoms with van der Waals surface area (Å²) in [6.07, 6.45) is 0. The largest absolute Gasteiger partial charge is 0.465 e. The van der Waals surface area contributed by atoms with Crippen molar-refractivity contribution >= 4 is 50.3 Å². The molecule has 0 unspecified atom stereocenters. The lowest BCUT2D eigenvalue weighted by atomic mass is 10.1. The Balaban J connectivity index is 2.82.